The number of rotatable bonds is 42. The van der Waals surface area contributed by atoms with E-state index in [1.54, 1.807) is 0 Å². The Balaban J connectivity index is 2.39. The van der Waals surface area contributed by atoms with Crippen LogP contribution < -0.4 is 0 Å². The van der Waals surface area contributed by atoms with Gasteiger partial charge in [0.25, 0.3) is 0 Å². The second-order valence-electron chi connectivity index (χ2n) is 17.7. The fourth-order valence-corrected chi connectivity index (χ4v) is 8.68. The summed E-state index contributed by atoms with van der Waals surface area (Å²) in [5, 5.41) is 50.2. The minimum Gasteiger partial charge on any atom is -0.462 e. The summed E-state index contributed by atoms with van der Waals surface area (Å²) in [6.45, 7) is 3.17. The van der Waals surface area contributed by atoms with E-state index in [0.717, 1.165) is 64.2 Å². The third kappa shape index (κ3) is 33.0. The first-order valence-corrected chi connectivity index (χ1v) is 27.0. The Labute approximate surface area is 392 Å². The average molecular weight is 943 g/mol. The van der Waals surface area contributed by atoms with Crippen molar-refractivity contribution in [1.82, 2.24) is 0 Å². The van der Waals surface area contributed by atoms with E-state index >= 15 is 0 Å². The molecule has 0 spiro atoms. The van der Waals surface area contributed by atoms with Gasteiger partial charge in [-0.25, -0.2) is 4.57 Å². The smallest absolute Gasteiger partial charge is 0.462 e. The van der Waals surface area contributed by atoms with Crippen molar-refractivity contribution in [2.24, 2.45) is 0 Å². The Morgan fingerprint density at radius 3 is 1.34 bits per heavy atom. The lowest BCUT2D eigenvalue weighted by atomic mass is 9.85. The van der Waals surface area contributed by atoms with Crippen molar-refractivity contribution >= 4 is 19.8 Å². The lowest BCUT2D eigenvalue weighted by molar-refractivity contribution is -0.220. The van der Waals surface area contributed by atoms with Crippen molar-refractivity contribution in [2.45, 2.75) is 249 Å². The fraction of sp³-hybridized carbons (Fsp3) is 0.804. The molecule has 65 heavy (non-hydrogen) atoms. The molecule has 0 bridgehead atoms. The monoisotopic (exact) mass is 943 g/mol. The molecule has 0 aromatic carbocycles. The number of phosphoric acid groups is 1. The van der Waals surface area contributed by atoms with Gasteiger partial charge in [-0.1, -0.05) is 210 Å². The summed E-state index contributed by atoms with van der Waals surface area (Å²) in [5.74, 6) is -1.12. The van der Waals surface area contributed by atoms with Crippen molar-refractivity contribution in [3.8, 4) is 0 Å². The number of hydrogen-bond donors (Lipinski definition) is 6. The van der Waals surface area contributed by atoms with Crippen LogP contribution in [0.25, 0.3) is 0 Å². The highest BCUT2D eigenvalue weighted by atomic mass is 31.2. The largest absolute Gasteiger partial charge is 0.472 e. The summed E-state index contributed by atoms with van der Waals surface area (Å²) in [7, 11) is -5.13. The number of aliphatic hydroxyl groups excluding tert-OH is 5. The van der Waals surface area contributed by atoms with Gasteiger partial charge in [0.1, 0.15) is 43.2 Å². The van der Waals surface area contributed by atoms with Crippen LogP contribution in [0.2, 0.25) is 0 Å². The first-order chi connectivity index (χ1) is 31.4. The molecule has 1 saturated carbocycles. The van der Waals surface area contributed by atoms with Gasteiger partial charge in [0.15, 0.2) is 6.10 Å². The molecule has 1 rings (SSSR count). The van der Waals surface area contributed by atoms with Crippen molar-refractivity contribution in [3.63, 3.8) is 0 Å². The number of hydrogen-bond acceptors (Lipinski definition) is 12. The van der Waals surface area contributed by atoms with Gasteiger partial charge in [-0.2, -0.15) is 0 Å². The number of unbranched alkanes of at least 4 members (excludes halogenated alkanes) is 25. The van der Waals surface area contributed by atoms with Gasteiger partial charge < -0.3 is 39.9 Å². The molecule has 0 aliphatic heterocycles. The lowest BCUT2D eigenvalue weighted by Crippen LogP contribution is -2.64. The molecule has 0 amide bonds. The molecule has 8 atom stereocenters. The van der Waals surface area contributed by atoms with E-state index in [1.165, 1.54) is 103 Å². The molecule has 14 heteroatoms. The van der Waals surface area contributed by atoms with Crippen molar-refractivity contribution in [1.29, 1.82) is 0 Å². The Kier molecular flexibility index (Phi) is 38.2. The van der Waals surface area contributed by atoms with Crippen LogP contribution in [-0.2, 0) is 32.7 Å². The number of phosphoric ester groups is 1. The molecular formula is C51H91O13P. The van der Waals surface area contributed by atoms with E-state index in [0.29, 0.717) is 12.8 Å². The van der Waals surface area contributed by atoms with Crippen LogP contribution in [0.5, 0.6) is 0 Å². The molecule has 6 N–H and O–H groups in total. The van der Waals surface area contributed by atoms with Gasteiger partial charge in [-0.15, -0.1) is 0 Å². The predicted octanol–water partition coefficient (Wildman–Crippen LogP) is 10.7. The third-order valence-corrected chi connectivity index (χ3v) is 12.8. The molecule has 0 radical (unpaired) electrons. The maximum Gasteiger partial charge on any atom is 0.472 e. The van der Waals surface area contributed by atoms with Gasteiger partial charge in [0, 0.05) is 12.8 Å². The van der Waals surface area contributed by atoms with E-state index in [1.807, 2.05) is 36.5 Å². The fourth-order valence-electron chi connectivity index (χ4n) is 7.71. The number of allylic oxidation sites excluding steroid dienone is 8. The average Bonchev–Trinajstić information content (AvgIpc) is 3.29. The van der Waals surface area contributed by atoms with Crippen LogP contribution in [0.3, 0.4) is 0 Å². The van der Waals surface area contributed by atoms with Gasteiger partial charge in [0.2, 0.25) is 0 Å². The van der Waals surface area contributed by atoms with Crippen LogP contribution in [0.1, 0.15) is 206 Å². The predicted molar refractivity (Wildman–Crippen MR) is 258 cm³/mol. The molecule has 6 unspecified atom stereocenters. The minimum absolute atomic E-state index is 0.0934. The Morgan fingerprint density at radius 2 is 0.877 bits per heavy atom. The Morgan fingerprint density at radius 1 is 0.492 bits per heavy atom. The van der Waals surface area contributed by atoms with E-state index in [2.05, 4.69) is 26.0 Å². The Bertz CT molecular complexity index is 1320. The van der Waals surface area contributed by atoms with Crippen molar-refractivity contribution in [3.05, 3.63) is 48.6 Å². The van der Waals surface area contributed by atoms with E-state index in [-0.39, 0.29) is 12.8 Å². The topological polar surface area (TPSA) is 210 Å². The normalized spacial score (nSPS) is 21.8. The summed E-state index contributed by atoms with van der Waals surface area (Å²) in [6.07, 6.45) is 35.9. The lowest BCUT2D eigenvalue weighted by Gasteiger charge is -2.41. The Hall–Kier alpha value is -2.19. The highest BCUT2D eigenvalue weighted by Crippen LogP contribution is 2.47. The quantitative estimate of drug-likeness (QED) is 0.0146. The number of esters is 2. The summed E-state index contributed by atoms with van der Waals surface area (Å²) in [4.78, 5) is 35.8. The molecule has 1 fully saturated rings. The molecule has 13 nitrogen and oxygen atoms in total. The summed E-state index contributed by atoms with van der Waals surface area (Å²) >= 11 is 0. The summed E-state index contributed by atoms with van der Waals surface area (Å²) < 4.78 is 33.6. The van der Waals surface area contributed by atoms with Crippen LogP contribution in [0.15, 0.2) is 48.6 Å². The molecule has 1 aliphatic rings. The molecule has 0 aromatic rings. The SMILES string of the molecule is CC/C=C/C=C/C=C/C=C/CCCCCCCC(=O)OC[C@H](COP(=O)(O)OC1C(O)C(O)C(O)[C@@H](O)C1O)OC(=O)CCCCCCCCCCCCCCCCCCCCCCC. The van der Waals surface area contributed by atoms with Crippen LogP contribution in [0.4, 0.5) is 0 Å². The van der Waals surface area contributed by atoms with E-state index in [4.69, 9.17) is 18.5 Å². The third-order valence-electron chi connectivity index (χ3n) is 11.8. The molecule has 0 heterocycles. The van der Waals surface area contributed by atoms with Crippen LogP contribution >= 0.6 is 7.82 Å². The summed E-state index contributed by atoms with van der Waals surface area (Å²) in [6, 6.07) is 0. The molecule has 0 saturated heterocycles. The number of ether oxygens (including phenoxy) is 2. The number of carbonyl (C=O) groups is 2. The van der Waals surface area contributed by atoms with Gasteiger partial charge in [0.05, 0.1) is 6.61 Å². The van der Waals surface area contributed by atoms with E-state index in [9.17, 15) is 44.6 Å². The van der Waals surface area contributed by atoms with E-state index < -0.39 is 75.7 Å². The molecule has 378 valence electrons. The maximum atomic E-state index is 12.8. The zero-order valence-electron chi connectivity index (χ0n) is 40.3. The first kappa shape index (κ1) is 60.8. The zero-order chi connectivity index (χ0) is 47.8. The molecule has 0 aromatic heterocycles. The first-order valence-electron chi connectivity index (χ1n) is 25.5. The standard InChI is InChI=1S/C51H91O13P/c1-3-5-7-9-11-13-15-17-19-20-21-22-23-24-26-28-30-32-34-36-38-40-45(53)63-43(42-62-65(59,60)64-51-49(57)47(55)46(54)48(56)50(51)58)41-61-44(52)39-37-35-33-31-29-27-25-18-16-14-12-10-8-6-4-2/h6,8,10,12,14,16,18,25,43,46-51,54-58H,3-5,7,9,11,13,15,17,19-24,26-42H2,1-2H3,(H,59,60)/b8-6+,12-10+,16-14+,25-18+/t43-,46?,47-,48?,49?,50?,51?/m1/s1. The van der Waals surface area contributed by atoms with Crippen molar-refractivity contribution in [2.75, 3.05) is 13.2 Å². The highest BCUT2D eigenvalue weighted by Gasteiger charge is 2.51. The highest BCUT2D eigenvalue weighted by molar-refractivity contribution is 7.47. The van der Waals surface area contributed by atoms with Crippen LogP contribution in [0, 0.1) is 0 Å². The van der Waals surface area contributed by atoms with Gasteiger partial charge >= 0.3 is 19.8 Å². The number of carbonyl (C=O) groups excluding carboxylic acids is 2. The van der Waals surface area contributed by atoms with Crippen LogP contribution in [-0.4, -0.2) is 98.3 Å². The zero-order valence-corrected chi connectivity index (χ0v) is 41.2. The molecular weight excluding hydrogens is 852 g/mol. The van der Waals surface area contributed by atoms with Gasteiger partial charge in [-0.05, 0) is 32.1 Å². The number of aliphatic hydroxyl groups is 5. The molecule has 1 aliphatic carbocycles. The van der Waals surface area contributed by atoms with Gasteiger partial charge in [-0.3, -0.25) is 18.6 Å². The summed E-state index contributed by atoms with van der Waals surface area (Å²) in [5.41, 5.74) is 0. The minimum atomic E-state index is -5.13. The van der Waals surface area contributed by atoms with Crippen molar-refractivity contribution < 1.29 is 63.1 Å². The second kappa shape index (κ2) is 40.8. The second-order valence-corrected chi connectivity index (χ2v) is 19.2. The maximum absolute atomic E-state index is 12.8.